The summed E-state index contributed by atoms with van der Waals surface area (Å²) in [6.07, 6.45) is 2.06. The van der Waals surface area contributed by atoms with E-state index in [1.807, 2.05) is 0 Å². The predicted octanol–water partition coefficient (Wildman–Crippen LogP) is 2.36. The first-order valence-corrected chi connectivity index (χ1v) is 10.6. The van der Waals surface area contributed by atoms with Gasteiger partial charge < -0.3 is 28.8 Å². The Morgan fingerprint density at radius 1 is 0.812 bits per heavy atom. The van der Waals surface area contributed by atoms with Crippen molar-refractivity contribution in [3.8, 4) is 0 Å². The molecule has 0 aromatic rings. The summed E-state index contributed by atoms with van der Waals surface area (Å²) in [5.41, 5.74) is 0. The number of carbonyl (C=O) groups excluding carboxylic acids is 4. The van der Waals surface area contributed by atoms with Crippen LogP contribution in [0.5, 0.6) is 0 Å². The van der Waals surface area contributed by atoms with Crippen LogP contribution in [0.4, 0.5) is 0 Å². The summed E-state index contributed by atoms with van der Waals surface area (Å²) in [6.45, 7) is 5.06. The van der Waals surface area contributed by atoms with E-state index in [4.69, 9.17) is 28.8 Å². The molecule has 0 saturated carbocycles. The van der Waals surface area contributed by atoms with E-state index >= 15 is 0 Å². The molecule has 0 aromatic heterocycles. The molecule has 0 aliphatic carbocycles. The highest BCUT2D eigenvalue weighted by atomic mass is 16.9. The zero-order valence-electron chi connectivity index (χ0n) is 18.5. The number of hydrogen-bond acceptors (Lipinski definition) is 10. The number of carbonyl (C=O) groups is 5. The lowest BCUT2D eigenvalue weighted by Gasteiger charge is -2.46. The molecule has 11 heteroatoms. The average molecular weight is 458 g/mol. The number of carboxylic acid groups (broad SMARTS) is 1. The van der Waals surface area contributed by atoms with Crippen molar-refractivity contribution >= 4 is 29.8 Å². The van der Waals surface area contributed by atoms with E-state index in [9.17, 15) is 24.0 Å². The second-order valence-electron chi connectivity index (χ2n) is 7.03. The fourth-order valence-electron chi connectivity index (χ4n) is 2.85. The summed E-state index contributed by atoms with van der Waals surface area (Å²) >= 11 is 0. The van der Waals surface area contributed by atoms with Crippen molar-refractivity contribution in [2.24, 2.45) is 0 Å². The molecule has 11 nitrogen and oxygen atoms in total. The molecule has 1 saturated heterocycles. The van der Waals surface area contributed by atoms with Crippen molar-refractivity contribution in [2.75, 3.05) is 6.61 Å². The fourth-order valence-corrected chi connectivity index (χ4v) is 2.85. The summed E-state index contributed by atoms with van der Waals surface area (Å²) in [7, 11) is 0. The smallest absolute Gasteiger partial charge is 0.459 e. The van der Waals surface area contributed by atoms with Gasteiger partial charge in [0.15, 0.2) is 0 Å². The van der Waals surface area contributed by atoms with Crippen molar-refractivity contribution in [1.29, 1.82) is 0 Å². The summed E-state index contributed by atoms with van der Waals surface area (Å²) < 4.78 is 27.0. The molecule has 1 N–H and O–H groups in total. The predicted molar refractivity (Wildman–Crippen MR) is 107 cm³/mol. The van der Waals surface area contributed by atoms with Crippen LogP contribution in [0.25, 0.3) is 0 Å². The number of esters is 4. The van der Waals surface area contributed by atoms with Crippen molar-refractivity contribution in [3.05, 3.63) is 12.2 Å². The van der Waals surface area contributed by atoms with Gasteiger partial charge in [0, 0.05) is 37.8 Å². The van der Waals surface area contributed by atoms with Crippen LogP contribution in [-0.4, -0.2) is 53.3 Å². The van der Waals surface area contributed by atoms with Crippen molar-refractivity contribution in [2.45, 2.75) is 83.9 Å². The van der Waals surface area contributed by atoms with Crippen molar-refractivity contribution in [1.82, 2.24) is 0 Å². The zero-order valence-corrected chi connectivity index (χ0v) is 18.5. The molecule has 0 spiro atoms. The summed E-state index contributed by atoms with van der Waals surface area (Å²) in [5.74, 6) is -10.3. The third-order valence-corrected chi connectivity index (χ3v) is 4.17. The van der Waals surface area contributed by atoms with Gasteiger partial charge in [0.1, 0.15) is 0 Å². The molecule has 0 unspecified atom stereocenters. The lowest BCUT2D eigenvalue weighted by Crippen LogP contribution is -2.67. The second kappa shape index (κ2) is 12.8. The molecule has 1 heterocycles. The van der Waals surface area contributed by atoms with Gasteiger partial charge in [0.2, 0.25) is 0 Å². The van der Waals surface area contributed by atoms with Gasteiger partial charge in [-0.15, -0.1) is 0 Å². The molecule has 1 rings (SSSR count). The van der Waals surface area contributed by atoms with Crippen molar-refractivity contribution in [3.63, 3.8) is 0 Å². The minimum atomic E-state index is -2.75. The minimum absolute atomic E-state index is 0.0566. The molecule has 0 aromatic carbocycles. The summed E-state index contributed by atoms with van der Waals surface area (Å²) in [4.78, 5) is 60.3. The molecular weight excluding hydrogens is 428 g/mol. The Labute approximate surface area is 186 Å². The van der Waals surface area contributed by atoms with E-state index in [1.165, 1.54) is 0 Å². The first kappa shape index (κ1) is 27.1. The SMILES string of the molecule is CCCC(=O)OC1(OC(=O)CCC)CCCO[C@]1(OC(=O)/C=C/C(=O)O)OC(=O)CCC. The van der Waals surface area contributed by atoms with Gasteiger partial charge in [-0.05, 0) is 25.7 Å². The van der Waals surface area contributed by atoms with Crippen LogP contribution in [0.15, 0.2) is 12.2 Å². The number of rotatable bonds is 12. The highest BCUT2D eigenvalue weighted by molar-refractivity contribution is 5.91. The monoisotopic (exact) mass is 458 g/mol. The largest absolute Gasteiger partial charge is 0.478 e. The quantitative estimate of drug-likeness (QED) is 0.260. The minimum Gasteiger partial charge on any atom is -0.478 e. The molecule has 180 valence electrons. The van der Waals surface area contributed by atoms with Gasteiger partial charge >= 0.3 is 41.6 Å². The van der Waals surface area contributed by atoms with Crippen LogP contribution in [-0.2, 0) is 47.7 Å². The third-order valence-electron chi connectivity index (χ3n) is 4.17. The van der Waals surface area contributed by atoms with Gasteiger partial charge in [-0.3, -0.25) is 14.4 Å². The Morgan fingerprint density at radius 3 is 1.78 bits per heavy atom. The Hall–Kier alpha value is -2.95. The molecule has 0 bridgehead atoms. The van der Waals surface area contributed by atoms with Crippen LogP contribution in [0.2, 0.25) is 0 Å². The summed E-state index contributed by atoms with van der Waals surface area (Å²) in [5, 5.41) is 8.76. The molecule has 0 radical (unpaired) electrons. The fraction of sp³-hybridized carbons (Fsp3) is 0.667. The number of hydrogen-bond donors (Lipinski definition) is 1. The molecule has 0 amide bonds. The molecule has 1 fully saturated rings. The van der Waals surface area contributed by atoms with Crippen LogP contribution in [0.3, 0.4) is 0 Å². The average Bonchev–Trinajstić information content (AvgIpc) is 2.69. The first-order chi connectivity index (χ1) is 15.1. The maximum atomic E-state index is 12.4. The standard InChI is InChI=1S/C21H30O11/c1-4-8-16(24)29-20(30-17(25)9-5-2)13-7-14-28-21(20,31-18(26)10-6-3)32-19(27)12-11-15(22)23/h11-12H,4-10,13-14H2,1-3H3,(H,22,23)/b12-11+/t21-/m0/s1. The van der Waals surface area contributed by atoms with Crippen LogP contribution < -0.4 is 0 Å². The number of carboxylic acids is 1. The molecule has 1 atom stereocenters. The van der Waals surface area contributed by atoms with Crippen LogP contribution in [0.1, 0.15) is 72.1 Å². The van der Waals surface area contributed by atoms with Gasteiger partial charge in [-0.25, -0.2) is 9.59 Å². The van der Waals surface area contributed by atoms with Crippen LogP contribution in [0, 0.1) is 0 Å². The van der Waals surface area contributed by atoms with Gasteiger partial charge in [0.05, 0.1) is 6.61 Å². The Morgan fingerprint density at radius 2 is 1.31 bits per heavy atom. The van der Waals surface area contributed by atoms with Gasteiger partial charge in [-0.1, -0.05) is 20.8 Å². The Balaban J connectivity index is 3.52. The highest BCUT2D eigenvalue weighted by Gasteiger charge is 2.68. The number of ether oxygens (including phenoxy) is 5. The van der Waals surface area contributed by atoms with Gasteiger partial charge in [-0.2, -0.15) is 0 Å². The lowest BCUT2D eigenvalue weighted by atomic mass is 10.0. The normalized spacial score (nSPS) is 19.7. The molecule has 1 aliphatic rings. The second-order valence-corrected chi connectivity index (χ2v) is 7.03. The molecule has 1 aliphatic heterocycles. The molecule has 32 heavy (non-hydrogen) atoms. The number of aliphatic carboxylic acids is 1. The zero-order chi connectivity index (χ0) is 24.2. The van der Waals surface area contributed by atoms with Crippen molar-refractivity contribution < 1.29 is 52.8 Å². The van der Waals surface area contributed by atoms with E-state index in [2.05, 4.69) is 0 Å². The Bertz CT molecular complexity index is 707. The third kappa shape index (κ3) is 7.63. The van der Waals surface area contributed by atoms with E-state index in [-0.39, 0.29) is 38.7 Å². The van der Waals surface area contributed by atoms with E-state index in [0.717, 1.165) is 0 Å². The highest BCUT2D eigenvalue weighted by Crippen LogP contribution is 2.43. The van der Waals surface area contributed by atoms with Gasteiger partial charge in [0.25, 0.3) is 0 Å². The molecular formula is C21H30O11. The summed E-state index contributed by atoms with van der Waals surface area (Å²) in [6, 6.07) is 0. The van der Waals surface area contributed by atoms with E-state index in [0.29, 0.717) is 31.4 Å². The topological polar surface area (TPSA) is 152 Å². The maximum absolute atomic E-state index is 12.4. The maximum Gasteiger partial charge on any atom is 0.459 e. The van der Waals surface area contributed by atoms with Crippen LogP contribution >= 0.6 is 0 Å². The van der Waals surface area contributed by atoms with E-state index < -0.39 is 41.6 Å². The Kier molecular flexibility index (Phi) is 10.8. The first-order valence-electron chi connectivity index (χ1n) is 10.6. The van der Waals surface area contributed by atoms with E-state index in [1.54, 1.807) is 20.8 Å². The lowest BCUT2D eigenvalue weighted by molar-refractivity contribution is -0.468.